The maximum Gasteiger partial charge on any atom is 0.235 e. The second-order valence-corrected chi connectivity index (χ2v) is 7.79. The Morgan fingerprint density at radius 2 is 1.37 bits per heavy atom. The van der Waals surface area contributed by atoms with Gasteiger partial charge in [-0.3, -0.25) is 9.59 Å². The standard InChI is InChI=1S/C21H13IN2O3/c22-11-2-4-17-13(6-11)15(8-24-17)19-18(20(26)21(19)27)14-7-23-16-3-1-10(9-25)5-12(14)16/h1-8,23-25H,9H2. The summed E-state index contributed by atoms with van der Waals surface area (Å²) in [5.74, 6) is 0. The van der Waals surface area contributed by atoms with Gasteiger partial charge in [-0.2, -0.15) is 0 Å². The molecular formula is C21H13IN2O3. The van der Waals surface area contributed by atoms with Gasteiger partial charge in [-0.1, -0.05) is 6.07 Å². The zero-order chi connectivity index (χ0) is 18.7. The highest BCUT2D eigenvalue weighted by Crippen LogP contribution is 2.37. The van der Waals surface area contributed by atoms with Gasteiger partial charge in [-0.25, -0.2) is 0 Å². The summed E-state index contributed by atoms with van der Waals surface area (Å²) in [6.07, 6.45) is 3.54. The molecule has 132 valence electrons. The molecule has 0 spiro atoms. The molecule has 0 saturated carbocycles. The Kier molecular flexibility index (Phi) is 3.60. The van der Waals surface area contributed by atoms with Crippen LogP contribution in [0.25, 0.3) is 44.1 Å². The number of rotatable bonds is 3. The number of aliphatic hydroxyl groups excluding tert-OH is 1. The molecule has 0 aliphatic carbocycles. The second-order valence-electron chi connectivity index (χ2n) is 6.54. The van der Waals surface area contributed by atoms with E-state index in [1.165, 1.54) is 0 Å². The van der Waals surface area contributed by atoms with Gasteiger partial charge >= 0.3 is 0 Å². The summed E-state index contributed by atoms with van der Waals surface area (Å²) < 4.78 is 1.06. The van der Waals surface area contributed by atoms with Gasteiger partial charge in [0.1, 0.15) is 0 Å². The first-order valence-electron chi connectivity index (χ1n) is 8.40. The fraction of sp³-hybridized carbons (Fsp3) is 0.0476. The van der Waals surface area contributed by atoms with Crippen molar-refractivity contribution in [3.8, 4) is 22.3 Å². The summed E-state index contributed by atoms with van der Waals surface area (Å²) in [5, 5.41) is 11.2. The number of aromatic amines is 2. The van der Waals surface area contributed by atoms with Crippen molar-refractivity contribution in [2.45, 2.75) is 6.61 Å². The topological polar surface area (TPSA) is 85.9 Å². The highest BCUT2D eigenvalue weighted by molar-refractivity contribution is 14.1. The van der Waals surface area contributed by atoms with E-state index in [0.29, 0.717) is 16.7 Å². The van der Waals surface area contributed by atoms with Crippen molar-refractivity contribution >= 4 is 44.4 Å². The predicted molar refractivity (Wildman–Crippen MR) is 115 cm³/mol. The van der Waals surface area contributed by atoms with Gasteiger partial charge in [-0.15, -0.1) is 0 Å². The fourth-order valence-corrected chi connectivity index (χ4v) is 4.17. The number of benzene rings is 2. The lowest BCUT2D eigenvalue weighted by atomic mass is 9.89. The SMILES string of the molecule is O=c1c(-c2c[nH]c3ccc(I)cc23)c(-c2c[nH]c3ccc(CO)cc23)c1=O. The quantitative estimate of drug-likeness (QED) is 0.279. The molecule has 0 saturated heterocycles. The maximum atomic E-state index is 12.5. The fourth-order valence-electron chi connectivity index (χ4n) is 3.68. The van der Waals surface area contributed by atoms with Crippen LogP contribution in [0.4, 0.5) is 0 Å². The molecule has 0 aliphatic heterocycles. The molecule has 0 unspecified atom stereocenters. The van der Waals surface area contributed by atoms with E-state index in [2.05, 4.69) is 32.6 Å². The van der Waals surface area contributed by atoms with Gasteiger partial charge in [0.15, 0.2) is 0 Å². The van der Waals surface area contributed by atoms with Crippen molar-refractivity contribution in [1.82, 2.24) is 9.97 Å². The van der Waals surface area contributed by atoms with Crippen LogP contribution in [0.3, 0.4) is 0 Å². The van der Waals surface area contributed by atoms with Crippen molar-refractivity contribution < 1.29 is 5.11 Å². The minimum absolute atomic E-state index is 0.0831. The molecule has 0 amide bonds. The summed E-state index contributed by atoms with van der Waals surface area (Å²) in [6, 6.07) is 11.5. The number of aliphatic hydroxyl groups is 1. The Balaban J connectivity index is 1.79. The summed E-state index contributed by atoms with van der Waals surface area (Å²) in [5.41, 5.74) is 3.92. The Morgan fingerprint density at radius 1 is 0.815 bits per heavy atom. The molecule has 2 aromatic heterocycles. The average molecular weight is 468 g/mol. The molecular weight excluding hydrogens is 455 g/mol. The molecule has 0 bridgehead atoms. The van der Waals surface area contributed by atoms with Crippen LogP contribution in [0.1, 0.15) is 5.56 Å². The van der Waals surface area contributed by atoms with Crippen molar-refractivity contribution in [3.63, 3.8) is 0 Å². The van der Waals surface area contributed by atoms with Gasteiger partial charge < -0.3 is 15.1 Å². The van der Waals surface area contributed by atoms with Crippen LogP contribution < -0.4 is 10.9 Å². The van der Waals surface area contributed by atoms with Crippen LogP contribution >= 0.6 is 22.6 Å². The summed E-state index contributed by atoms with van der Waals surface area (Å²) in [4.78, 5) is 31.3. The van der Waals surface area contributed by atoms with Crippen molar-refractivity contribution in [2.24, 2.45) is 0 Å². The minimum atomic E-state index is -0.472. The monoisotopic (exact) mass is 468 g/mol. The lowest BCUT2D eigenvalue weighted by Crippen LogP contribution is -2.34. The van der Waals surface area contributed by atoms with Crippen LogP contribution in [0.2, 0.25) is 0 Å². The largest absolute Gasteiger partial charge is 0.392 e. The number of aromatic nitrogens is 2. The molecule has 27 heavy (non-hydrogen) atoms. The Labute approximate surface area is 166 Å². The highest BCUT2D eigenvalue weighted by Gasteiger charge is 2.27. The first kappa shape index (κ1) is 16.5. The third-order valence-electron chi connectivity index (χ3n) is 5.02. The molecule has 5 nitrogen and oxygen atoms in total. The molecule has 3 aromatic carbocycles. The van der Waals surface area contributed by atoms with Gasteiger partial charge in [0.25, 0.3) is 0 Å². The van der Waals surface area contributed by atoms with Crippen LogP contribution in [0.15, 0.2) is 58.4 Å². The van der Waals surface area contributed by atoms with Gasteiger partial charge in [0.2, 0.25) is 10.9 Å². The number of halogens is 1. The van der Waals surface area contributed by atoms with Gasteiger partial charge in [0.05, 0.1) is 6.61 Å². The van der Waals surface area contributed by atoms with Crippen LogP contribution in [-0.4, -0.2) is 15.1 Å². The van der Waals surface area contributed by atoms with E-state index in [-0.39, 0.29) is 6.61 Å². The van der Waals surface area contributed by atoms with E-state index < -0.39 is 10.9 Å². The van der Waals surface area contributed by atoms with E-state index in [1.807, 2.05) is 36.4 Å². The first-order chi connectivity index (χ1) is 13.1. The molecule has 5 aromatic rings. The van der Waals surface area contributed by atoms with Crippen LogP contribution in [0, 0.1) is 3.57 Å². The van der Waals surface area contributed by atoms with E-state index in [9.17, 15) is 14.7 Å². The van der Waals surface area contributed by atoms with E-state index >= 15 is 0 Å². The van der Waals surface area contributed by atoms with Crippen LogP contribution in [-0.2, 0) is 6.61 Å². The van der Waals surface area contributed by atoms with E-state index in [0.717, 1.165) is 36.5 Å². The number of fused-ring (bicyclic) bond motifs is 2. The molecule has 2 heterocycles. The molecule has 6 heteroatoms. The number of hydrogen-bond acceptors (Lipinski definition) is 3. The molecule has 0 fully saturated rings. The Morgan fingerprint density at radius 3 is 1.96 bits per heavy atom. The maximum absolute atomic E-state index is 12.5. The third-order valence-corrected chi connectivity index (χ3v) is 5.69. The predicted octanol–water partition coefficient (Wildman–Crippen LogP) is 3.68. The molecule has 5 rings (SSSR count). The zero-order valence-electron chi connectivity index (χ0n) is 14.0. The average Bonchev–Trinajstić information content (AvgIpc) is 3.28. The summed E-state index contributed by atoms with van der Waals surface area (Å²) >= 11 is 2.23. The summed E-state index contributed by atoms with van der Waals surface area (Å²) in [6.45, 7) is -0.0831. The Hall–Kier alpha value is -2.71. The number of hydrogen-bond donors (Lipinski definition) is 3. The van der Waals surface area contributed by atoms with Crippen molar-refractivity contribution in [3.05, 3.63) is 78.4 Å². The van der Waals surface area contributed by atoms with Gasteiger partial charge in [-0.05, 0) is 58.5 Å². The summed E-state index contributed by atoms with van der Waals surface area (Å²) in [7, 11) is 0. The lowest BCUT2D eigenvalue weighted by molar-refractivity contribution is 0.282. The molecule has 0 aliphatic rings. The van der Waals surface area contributed by atoms with Crippen LogP contribution in [0.5, 0.6) is 0 Å². The number of nitrogens with one attached hydrogen (secondary N) is 2. The highest BCUT2D eigenvalue weighted by atomic mass is 127. The smallest absolute Gasteiger partial charge is 0.235 e. The lowest BCUT2D eigenvalue weighted by Gasteiger charge is -2.10. The van der Waals surface area contributed by atoms with E-state index in [4.69, 9.17) is 0 Å². The minimum Gasteiger partial charge on any atom is -0.392 e. The molecule has 0 atom stereocenters. The molecule has 3 N–H and O–H groups in total. The number of H-pyrrole nitrogens is 2. The molecule has 0 radical (unpaired) electrons. The van der Waals surface area contributed by atoms with E-state index in [1.54, 1.807) is 12.4 Å². The van der Waals surface area contributed by atoms with Crippen molar-refractivity contribution in [1.29, 1.82) is 0 Å². The normalized spacial score (nSPS) is 11.8. The second kappa shape index (κ2) is 5.90. The van der Waals surface area contributed by atoms with Gasteiger partial charge in [0, 0.05) is 60.0 Å². The zero-order valence-corrected chi connectivity index (χ0v) is 16.1. The van der Waals surface area contributed by atoms with Crippen molar-refractivity contribution in [2.75, 3.05) is 0 Å². The first-order valence-corrected chi connectivity index (χ1v) is 9.48. The third kappa shape index (κ3) is 2.33. The Bertz CT molecular complexity index is 1420.